The first-order valence-corrected chi connectivity index (χ1v) is 29.3. The number of hydrogen-bond acceptors (Lipinski definition) is 17. The van der Waals surface area contributed by atoms with E-state index in [-0.39, 0.29) is 60.8 Å². The Labute approximate surface area is 473 Å². The number of aryl methyl sites for hydroxylation is 1. The van der Waals surface area contributed by atoms with E-state index in [9.17, 15) is 19.8 Å². The number of nitrogen functional groups attached to an aromatic ring is 1. The molecule has 5 aliphatic heterocycles. The number of phenols is 1. The molecule has 6 atom stereocenters. The normalized spacial score (nSPS) is 24.4. The van der Waals surface area contributed by atoms with Gasteiger partial charge in [0.25, 0.3) is 0 Å². The van der Waals surface area contributed by atoms with Gasteiger partial charge in [-0.25, -0.2) is 9.97 Å². The molecular formula is C61H77N13O7. The summed E-state index contributed by atoms with van der Waals surface area (Å²) in [5.41, 5.74) is 11.5. The van der Waals surface area contributed by atoms with Crippen molar-refractivity contribution in [3.05, 3.63) is 109 Å². The molecule has 81 heavy (non-hydrogen) atoms. The Morgan fingerprint density at radius 3 is 2.27 bits per heavy atom. The summed E-state index contributed by atoms with van der Waals surface area (Å²) in [4.78, 5) is 48.4. The number of rotatable bonds is 17. The number of ether oxygens (including phenoxy) is 2. The zero-order valence-electron chi connectivity index (χ0n) is 47.0. The summed E-state index contributed by atoms with van der Waals surface area (Å²) in [5, 5.41) is 37.4. The Bertz CT molecular complexity index is 3130. The zero-order valence-corrected chi connectivity index (χ0v) is 47.0. The van der Waals surface area contributed by atoms with Gasteiger partial charge in [0.15, 0.2) is 17.4 Å². The summed E-state index contributed by atoms with van der Waals surface area (Å²) < 4.78 is 21.0. The van der Waals surface area contributed by atoms with Gasteiger partial charge in [-0.15, -0.1) is 10.2 Å². The van der Waals surface area contributed by atoms with Crippen LogP contribution in [0.5, 0.6) is 11.6 Å². The largest absolute Gasteiger partial charge is 0.507 e. The molecule has 6 fully saturated rings. The Balaban J connectivity index is 0.564. The van der Waals surface area contributed by atoms with Crippen molar-refractivity contribution in [2.24, 2.45) is 11.8 Å². The Morgan fingerprint density at radius 1 is 0.802 bits per heavy atom. The van der Waals surface area contributed by atoms with Crippen molar-refractivity contribution in [1.82, 2.24) is 45.0 Å². The van der Waals surface area contributed by atoms with Gasteiger partial charge < -0.3 is 64.3 Å². The van der Waals surface area contributed by atoms with Gasteiger partial charge in [0.1, 0.15) is 29.6 Å². The fourth-order valence-electron chi connectivity index (χ4n) is 13.5. The summed E-state index contributed by atoms with van der Waals surface area (Å²) in [6.07, 6.45) is 13.5. The van der Waals surface area contributed by atoms with Crippen molar-refractivity contribution in [1.29, 1.82) is 0 Å². The summed E-state index contributed by atoms with van der Waals surface area (Å²) in [6, 6.07) is 22.6. The first kappa shape index (κ1) is 54.3. The summed E-state index contributed by atoms with van der Waals surface area (Å²) >= 11 is 0. The van der Waals surface area contributed by atoms with Crippen molar-refractivity contribution in [2.45, 2.75) is 140 Å². The monoisotopic (exact) mass is 1100 g/mol. The highest BCUT2D eigenvalue weighted by molar-refractivity contribution is 5.91. The number of fused-ring (bicyclic) bond motifs is 2. The molecule has 428 valence electrons. The molecule has 1 aliphatic carbocycles. The number of amides is 2. The third-order valence-electron chi connectivity index (χ3n) is 18.0. The van der Waals surface area contributed by atoms with Crippen LogP contribution in [0.1, 0.15) is 108 Å². The fourth-order valence-corrected chi connectivity index (χ4v) is 13.5. The number of aliphatic hydroxyl groups excluding tert-OH is 1. The predicted octanol–water partition coefficient (Wildman–Crippen LogP) is 7.05. The zero-order chi connectivity index (χ0) is 55.9. The van der Waals surface area contributed by atoms with Gasteiger partial charge in [-0.05, 0) is 106 Å². The highest BCUT2D eigenvalue weighted by atomic mass is 16.5. The average Bonchev–Trinajstić information content (AvgIpc) is 4.28. The number of pyridine rings is 1. The molecular weight excluding hydrogens is 1030 g/mol. The van der Waals surface area contributed by atoms with Crippen LogP contribution in [0.4, 0.5) is 23.0 Å². The molecule has 5 N–H and O–H groups in total. The van der Waals surface area contributed by atoms with E-state index in [1.165, 1.54) is 4.90 Å². The second kappa shape index (κ2) is 23.3. The Kier molecular flexibility index (Phi) is 15.6. The molecule has 2 amide bonds. The molecule has 0 spiro atoms. The van der Waals surface area contributed by atoms with Gasteiger partial charge in [0.05, 0.1) is 35.7 Å². The number of piperazine rings is 1. The number of carbonyl (C=O) groups is 2. The molecule has 1 unspecified atom stereocenters. The lowest BCUT2D eigenvalue weighted by Crippen LogP contribution is -2.54. The molecule has 4 aromatic heterocycles. The van der Waals surface area contributed by atoms with Crippen LogP contribution >= 0.6 is 0 Å². The lowest BCUT2D eigenvalue weighted by atomic mass is 9.91. The van der Waals surface area contributed by atoms with Crippen LogP contribution in [0.15, 0.2) is 95.9 Å². The number of nitrogens with two attached hydrogens (primary N) is 1. The summed E-state index contributed by atoms with van der Waals surface area (Å²) in [7, 11) is 0. The van der Waals surface area contributed by atoms with Crippen LogP contribution in [-0.4, -0.2) is 157 Å². The van der Waals surface area contributed by atoms with Crippen LogP contribution in [0.25, 0.3) is 16.9 Å². The van der Waals surface area contributed by atoms with Gasteiger partial charge in [0, 0.05) is 131 Å². The number of aromatic nitrogens is 6. The highest BCUT2D eigenvalue weighted by Crippen LogP contribution is 2.41. The van der Waals surface area contributed by atoms with Gasteiger partial charge in [-0.3, -0.25) is 9.59 Å². The fraction of sp³-hybridized carbons (Fsp3) is 0.525. The number of piperidine rings is 2. The van der Waals surface area contributed by atoms with E-state index < -0.39 is 18.1 Å². The molecule has 5 saturated heterocycles. The van der Waals surface area contributed by atoms with E-state index in [4.69, 9.17) is 19.7 Å². The van der Waals surface area contributed by atoms with Crippen molar-refractivity contribution in [3.8, 4) is 28.6 Å². The third-order valence-corrected chi connectivity index (χ3v) is 18.0. The minimum Gasteiger partial charge on any atom is -0.507 e. The number of nitrogens with zero attached hydrogens (tertiary/aromatic N) is 11. The number of anilines is 4. The molecule has 0 radical (unpaired) electrons. The second-order valence-electron chi connectivity index (χ2n) is 23.8. The number of phenolic OH excluding ortho intramolecular Hbond substituents is 1. The molecule has 20 heteroatoms. The number of carbonyl (C=O) groups excluding carboxylic acids is 2. The SMILES string of the molecule is Cc1nccn1-c1ccc([C@H](C)NC(=O)[C@@H]2C[C@@H](O)CN2C(=O)[C@@H](c2cc(N3CCC(CN4CCC(OC5CC(Oc6cc(N7C8CC[C@@H]7CN(c7cc(-c9ccccc9O)nnc7N)C8)ccn6)C5)CC4)CC3)no2)C(C)C)cc1. The standard InChI is InChI=1S/C61H77N13O7/c1-37(2)58(61(78)73-36-46(75)28-53(73)60(77)65-38(3)41-9-11-42(12-10-41)72-26-21-63-39(72)4)55-32-56(68-81-55)70-24-16-40(17-25-70)33-69-22-18-47(19-23-69)79-48-29-49(30-48)80-57-27-43(15-20-64-57)74-44-13-14-45(74)35-71(34-44)52-31-51(66-67-59(52)62)50-7-5-6-8-54(50)76/h5-12,15,20-21,26-27,31-32,37-38,40,44-49,53,58,75-76H,13-14,16-19,22-25,28-30,33-36H2,1-4H3,(H2,62,67)(H,65,77)/t38-,44+,45?,46+,48?,49?,53-,58+/m0/s1. The molecule has 6 aliphatic rings. The number of β-amino-alcohol motifs (C(OH)–C–C–N with tert-alkyl or cyclic N) is 1. The average molecular weight is 1100 g/mol. The number of imidazole rings is 1. The Morgan fingerprint density at radius 2 is 1.56 bits per heavy atom. The van der Waals surface area contributed by atoms with E-state index in [2.05, 4.69) is 62.4 Å². The lowest BCUT2D eigenvalue weighted by molar-refractivity contribution is -0.141. The van der Waals surface area contributed by atoms with Crippen molar-refractivity contribution < 1.29 is 33.8 Å². The van der Waals surface area contributed by atoms with Gasteiger partial charge in [-0.1, -0.05) is 43.3 Å². The number of hydrogen-bond donors (Lipinski definition) is 4. The van der Waals surface area contributed by atoms with E-state index in [1.807, 2.05) is 93.2 Å². The number of aliphatic hydroxyl groups is 1. The molecule has 20 nitrogen and oxygen atoms in total. The van der Waals surface area contributed by atoms with Crippen LogP contribution < -0.4 is 30.5 Å². The van der Waals surface area contributed by atoms with Crippen LogP contribution in [-0.2, 0) is 14.3 Å². The number of likely N-dealkylation sites (tertiary alicyclic amines) is 2. The lowest BCUT2D eigenvalue weighted by Gasteiger charge is -2.43. The number of aromatic hydroxyl groups is 1. The smallest absolute Gasteiger partial charge is 0.243 e. The molecule has 9 heterocycles. The first-order chi connectivity index (χ1) is 39.3. The maximum Gasteiger partial charge on any atom is 0.243 e. The van der Waals surface area contributed by atoms with E-state index in [0.717, 1.165) is 131 Å². The first-order valence-electron chi connectivity index (χ1n) is 29.3. The van der Waals surface area contributed by atoms with Gasteiger partial charge >= 0.3 is 0 Å². The maximum atomic E-state index is 14.4. The molecule has 1 saturated carbocycles. The number of para-hydroxylation sites is 1. The number of benzene rings is 2. The highest BCUT2D eigenvalue weighted by Gasteiger charge is 2.45. The van der Waals surface area contributed by atoms with E-state index >= 15 is 0 Å². The van der Waals surface area contributed by atoms with E-state index in [1.54, 1.807) is 18.3 Å². The van der Waals surface area contributed by atoms with Gasteiger partial charge in [0.2, 0.25) is 17.7 Å². The third kappa shape index (κ3) is 11.6. The minimum absolute atomic E-state index is 0.0805. The minimum atomic E-state index is -0.807. The van der Waals surface area contributed by atoms with Crippen LogP contribution in [0, 0.1) is 18.8 Å². The molecule has 2 aromatic carbocycles. The quantitative estimate of drug-likeness (QED) is 0.0717. The van der Waals surface area contributed by atoms with Crippen molar-refractivity contribution in [3.63, 3.8) is 0 Å². The van der Waals surface area contributed by atoms with Gasteiger partial charge in [-0.2, -0.15) is 0 Å². The molecule has 12 rings (SSSR count). The van der Waals surface area contributed by atoms with E-state index in [0.29, 0.717) is 46.7 Å². The topological polar surface area (TPSA) is 230 Å². The van der Waals surface area contributed by atoms with Crippen molar-refractivity contribution in [2.75, 3.05) is 72.8 Å². The second-order valence-corrected chi connectivity index (χ2v) is 23.8. The predicted molar refractivity (Wildman–Crippen MR) is 307 cm³/mol. The molecule has 6 aromatic rings. The summed E-state index contributed by atoms with van der Waals surface area (Å²) in [6.45, 7) is 14.4. The molecule has 2 bridgehead atoms. The van der Waals surface area contributed by atoms with Crippen molar-refractivity contribution >= 4 is 34.8 Å². The number of nitrogens with one attached hydrogen (secondary N) is 1. The van der Waals surface area contributed by atoms with Crippen LogP contribution in [0.3, 0.4) is 0 Å². The Hall–Kier alpha value is -7.29. The van der Waals surface area contributed by atoms with Crippen LogP contribution in [0.2, 0.25) is 0 Å². The maximum absolute atomic E-state index is 14.4. The summed E-state index contributed by atoms with van der Waals surface area (Å²) in [5.74, 6) is 2.58.